The van der Waals surface area contributed by atoms with E-state index in [0.717, 1.165) is 18.3 Å². The fraction of sp³-hybridized carbons (Fsp3) is 0.316. The minimum Gasteiger partial charge on any atom is -0.441 e. The Labute approximate surface area is 177 Å². The quantitative estimate of drug-likeness (QED) is 0.314. The first-order valence-corrected chi connectivity index (χ1v) is 9.45. The number of nitrogens with one attached hydrogen (secondary N) is 2. The summed E-state index contributed by atoms with van der Waals surface area (Å²) in [5, 5.41) is 9.55. The van der Waals surface area contributed by atoms with Crippen molar-refractivity contribution in [2.75, 3.05) is 20.6 Å². The second-order valence-electron chi connectivity index (χ2n) is 6.15. The molecule has 0 radical (unpaired) electrons. The van der Waals surface area contributed by atoms with E-state index in [1.165, 1.54) is 13.1 Å². The van der Waals surface area contributed by atoms with Gasteiger partial charge in [0.15, 0.2) is 23.2 Å². The molecule has 0 spiro atoms. The molecule has 0 aliphatic rings. The van der Waals surface area contributed by atoms with E-state index in [-0.39, 0.29) is 22.9 Å². The Morgan fingerprint density at radius 3 is 2.66 bits per heavy atom. The van der Waals surface area contributed by atoms with Crippen LogP contribution in [0.3, 0.4) is 0 Å². The molecule has 1 aromatic carbocycles. The number of nitrogens with zero attached hydrogens (tertiary/aromatic N) is 2. The number of hydrogen-bond acceptors (Lipinski definition) is 5. The summed E-state index contributed by atoms with van der Waals surface area (Å²) >= 11 is 12.2. The van der Waals surface area contributed by atoms with E-state index in [4.69, 9.17) is 38.8 Å². The summed E-state index contributed by atoms with van der Waals surface area (Å²) in [6, 6.07) is 4.89. The van der Waals surface area contributed by atoms with Gasteiger partial charge in [-0.1, -0.05) is 6.07 Å². The number of benzene rings is 1. The van der Waals surface area contributed by atoms with Crippen molar-refractivity contribution < 1.29 is 13.2 Å². The average Bonchev–Trinajstić information content (AvgIpc) is 3.07. The van der Waals surface area contributed by atoms with Crippen molar-refractivity contribution in [2.45, 2.75) is 17.8 Å². The molecule has 0 saturated carbocycles. The van der Waals surface area contributed by atoms with E-state index in [1.54, 1.807) is 13.1 Å². The van der Waals surface area contributed by atoms with E-state index >= 15 is 0 Å². The zero-order chi connectivity index (χ0) is 21.6. The molecule has 10 heteroatoms. The maximum absolute atomic E-state index is 13.5. The number of amidine groups is 1. The van der Waals surface area contributed by atoms with Crippen LogP contribution in [0.25, 0.3) is 0 Å². The zero-order valence-electron chi connectivity index (χ0n) is 15.8. The van der Waals surface area contributed by atoms with Crippen LogP contribution in [-0.4, -0.2) is 49.8 Å². The van der Waals surface area contributed by atoms with Gasteiger partial charge in [0.1, 0.15) is 5.38 Å². The normalized spacial score (nSPS) is 14.7. The molecule has 1 aromatic heterocycles. The van der Waals surface area contributed by atoms with Crippen molar-refractivity contribution in [3.8, 4) is 0 Å². The van der Waals surface area contributed by atoms with Crippen LogP contribution in [0.5, 0.6) is 0 Å². The highest BCUT2D eigenvalue weighted by Gasteiger charge is 2.21. The van der Waals surface area contributed by atoms with E-state index < -0.39 is 17.0 Å². The number of nitrogens with two attached hydrogens (primary N) is 1. The number of furan rings is 1. The Morgan fingerprint density at radius 1 is 1.34 bits per heavy atom. The van der Waals surface area contributed by atoms with Gasteiger partial charge in [-0.2, -0.15) is 0 Å². The molecule has 0 saturated heterocycles. The summed E-state index contributed by atoms with van der Waals surface area (Å²) in [5.41, 5.74) is 7.44. The highest BCUT2D eigenvalue weighted by molar-refractivity contribution is 6.44. The number of rotatable bonds is 9. The van der Waals surface area contributed by atoms with Crippen molar-refractivity contribution in [3.05, 3.63) is 58.0 Å². The predicted octanol–water partition coefficient (Wildman–Crippen LogP) is 3.42. The Hall–Kier alpha value is -2.29. The molecule has 0 aliphatic heterocycles. The lowest BCUT2D eigenvalue weighted by molar-refractivity contribution is 0.505. The van der Waals surface area contributed by atoms with Gasteiger partial charge in [0.2, 0.25) is 5.22 Å². The molecule has 2 unspecified atom stereocenters. The molecule has 156 valence electrons. The number of halogens is 4. The topological polar surface area (TPSA) is 99.8 Å². The van der Waals surface area contributed by atoms with E-state index in [0.29, 0.717) is 29.8 Å². The Kier molecular flexibility index (Phi) is 8.31. The molecule has 4 N–H and O–H groups in total. The highest BCUT2D eigenvalue weighted by Crippen LogP contribution is 2.24. The smallest absolute Gasteiger partial charge is 0.203 e. The zero-order valence-corrected chi connectivity index (χ0v) is 17.4. The van der Waals surface area contributed by atoms with Crippen molar-refractivity contribution in [3.63, 3.8) is 0 Å². The third-order valence-corrected chi connectivity index (χ3v) is 4.69. The number of alkyl halides is 1. The van der Waals surface area contributed by atoms with Crippen LogP contribution in [0, 0.1) is 17.0 Å². The second-order valence-corrected chi connectivity index (χ2v) is 6.97. The van der Waals surface area contributed by atoms with Gasteiger partial charge >= 0.3 is 0 Å². The molecule has 6 nitrogen and oxygen atoms in total. The standard InChI is InChI=1S/C19H21Cl2F2N5O/c1-26-9-11(5-10-3-4-14(22)15(23)6-10)28-19(25)16-7-12(18(21)29-16)17(27-2)13(20)8-24/h3-4,6-8,11,13,24,26H,5,9H2,1-2H3,(H2,25,28). The molecule has 2 aromatic rings. The van der Waals surface area contributed by atoms with Crippen molar-refractivity contribution in [1.82, 2.24) is 5.32 Å². The van der Waals surface area contributed by atoms with Gasteiger partial charge in [0.25, 0.3) is 0 Å². The predicted molar refractivity (Wildman–Crippen MR) is 113 cm³/mol. The first kappa shape index (κ1) is 23.0. The Bertz CT molecular complexity index is 929. The molecular formula is C19H21Cl2F2N5O. The van der Waals surface area contributed by atoms with Gasteiger partial charge < -0.3 is 20.9 Å². The van der Waals surface area contributed by atoms with Crippen LogP contribution in [-0.2, 0) is 6.42 Å². The molecular weight excluding hydrogens is 423 g/mol. The Morgan fingerprint density at radius 2 is 2.07 bits per heavy atom. The SMILES string of the molecule is CN=C(c1cc(C(N)=NC(CNC)Cc2ccc(F)c(F)c2)oc1Cl)C(Cl)C=N. The first-order valence-electron chi connectivity index (χ1n) is 8.63. The third-order valence-electron chi connectivity index (χ3n) is 4.08. The summed E-state index contributed by atoms with van der Waals surface area (Å²) in [5.74, 6) is -1.53. The van der Waals surface area contributed by atoms with E-state index in [2.05, 4.69) is 15.3 Å². The van der Waals surface area contributed by atoms with Gasteiger partial charge in [0, 0.05) is 19.8 Å². The highest BCUT2D eigenvalue weighted by atomic mass is 35.5. The van der Waals surface area contributed by atoms with Gasteiger partial charge in [-0.3, -0.25) is 9.98 Å². The maximum Gasteiger partial charge on any atom is 0.203 e. The molecule has 1 heterocycles. The number of likely N-dealkylation sites (N-methyl/N-ethyl adjacent to an activating group) is 1. The monoisotopic (exact) mass is 443 g/mol. The number of aliphatic imine (C=N–C) groups is 2. The molecule has 29 heavy (non-hydrogen) atoms. The lowest BCUT2D eigenvalue weighted by Crippen LogP contribution is -2.27. The van der Waals surface area contributed by atoms with Crippen LogP contribution >= 0.6 is 23.2 Å². The summed E-state index contributed by atoms with van der Waals surface area (Å²) < 4.78 is 32.1. The third kappa shape index (κ3) is 5.85. The molecule has 2 atom stereocenters. The lowest BCUT2D eigenvalue weighted by atomic mass is 10.1. The summed E-state index contributed by atoms with van der Waals surface area (Å²) in [6.07, 6.45) is 1.36. The summed E-state index contributed by atoms with van der Waals surface area (Å²) in [6.45, 7) is 0.445. The minimum absolute atomic E-state index is 0.0250. The van der Waals surface area contributed by atoms with Crippen LogP contribution < -0.4 is 11.1 Å². The summed E-state index contributed by atoms with van der Waals surface area (Å²) in [4.78, 5) is 8.49. The van der Waals surface area contributed by atoms with Gasteiger partial charge in [-0.15, -0.1) is 11.6 Å². The van der Waals surface area contributed by atoms with Crippen LogP contribution in [0.4, 0.5) is 8.78 Å². The molecule has 0 aliphatic carbocycles. The van der Waals surface area contributed by atoms with E-state index in [1.807, 2.05) is 0 Å². The number of hydrogen-bond donors (Lipinski definition) is 3. The van der Waals surface area contributed by atoms with Crippen molar-refractivity contribution >= 4 is 41.0 Å². The van der Waals surface area contributed by atoms with Crippen LogP contribution in [0.15, 0.2) is 38.7 Å². The second kappa shape index (κ2) is 10.5. The average molecular weight is 444 g/mol. The van der Waals surface area contributed by atoms with Gasteiger partial charge in [-0.25, -0.2) is 8.78 Å². The minimum atomic E-state index is -0.918. The first-order chi connectivity index (χ1) is 13.8. The Balaban J connectivity index is 2.29. The maximum atomic E-state index is 13.5. The lowest BCUT2D eigenvalue weighted by Gasteiger charge is -2.13. The van der Waals surface area contributed by atoms with Crippen LogP contribution in [0.1, 0.15) is 16.9 Å². The van der Waals surface area contributed by atoms with Crippen molar-refractivity contribution in [2.24, 2.45) is 15.7 Å². The molecule has 0 fully saturated rings. The van der Waals surface area contributed by atoms with Crippen LogP contribution in [0.2, 0.25) is 5.22 Å². The van der Waals surface area contributed by atoms with Gasteiger partial charge in [-0.05, 0) is 48.8 Å². The largest absolute Gasteiger partial charge is 0.441 e. The van der Waals surface area contributed by atoms with E-state index in [9.17, 15) is 8.78 Å². The van der Waals surface area contributed by atoms with Crippen molar-refractivity contribution in [1.29, 1.82) is 5.41 Å². The molecule has 0 bridgehead atoms. The summed E-state index contributed by atoms with van der Waals surface area (Å²) in [7, 11) is 3.27. The molecule has 2 rings (SSSR count). The fourth-order valence-corrected chi connectivity index (χ4v) is 3.19. The fourth-order valence-electron chi connectivity index (χ4n) is 2.74. The van der Waals surface area contributed by atoms with Gasteiger partial charge in [0.05, 0.1) is 17.3 Å². The molecule has 0 amide bonds.